The predicted octanol–water partition coefficient (Wildman–Crippen LogP) is 2.51. The molecule has 5 rings (SSSR count). The normalized spacial score (nSPS) is 20.2. The number of tetrazole rings is 1. The highest BCUT2D eigenvalue weighted by atomic mass is 32.1. The Kier molecular flexibility index (Phi) is 4.44. The monoisotopic (exact) mass is 394 g/mol. The van der Waals surface area contributed by atoms with E-state index in [0.29, 0.717) is 23.6 Å². The lowest BCUT2D eigenvalue weighted by Crippen LogP contribution is -2.39. The summed E-state index contributed by atoms with van der Waals surface area (Å²) in [5.74, 6) is 0.106. The zero-order valence-electron chi connectivity index (χ0n) is 15.5. The molecular formula is C20H22N6OS. The molecule has 2 fully saturated rings. The fraction of sp³-hybridized carbons (Fsp3) is 0.400. The van der Waals surface area contributed by atoms with Gasteiger partial charge in [0.15, 0.2) is 0 Å². The van der Waals surface area contributed by atoms with Gasteiger partial charge in [-0.3, -0.25) is 4.79 Å². The van der Waals surface area contributed by atoms with Crippen molar-refractivity contribution in [3.05, 3.63) is 58.5 Å². The summed E-state index contributed by atoms with van der Waals surface area (Å²) in [4.78, 5) is 15.5. The Morgan fingerprint density at radius 1 is 1.25 bits per heavy atom. The number of carbonyl (C=O) groups excluding carboxylic acids is 1. The van der Waals surface area contributed by atoms with Crippen molar-refractivity contribution in [1.82, 2.24) is 30.4 Å². The molecule has 144 valence electrons. The number of hydrogen-bond acceptors (Lipinski definition) is 6. The number of rotatable bonds is 5. The van der Waals surface area contributed by atoms with Crippen molar-refractivity contribution in [2.75, 3.05) is 13.1 Å². The molecule has 1 saturated carbocycles. The van der Waals surface area contributed by atoms with E-state index in [1.54, 1.807) is 22.3 Å². The molecule has 3 aromatic rings. The summed E-state index contributed by atoms with van der Waals surface area (Å²) in [7, 11) is 0. The SMILES string of the molecule is O=C(c1ccc(-n2cnnn2)cc1)N(Cc1ccsc1)C1CC12CCNCC2. The van der Waals surface area contributed by atoms with Gasteiger partial charge in [0.25, 0.3) is 5.91 Å². The molecule has 0 radical (unpaired) electrons. The second kappa shape index (κ2) is 7.10. The van der Waals surface area contributed by atoms with Gasteiger partial charge < -0.3 is 10.2 Å². The highest BCUT2D eigenvalue weighted by Gasteiger charge is 2.57. The second-order valence-electron chi connectivity index (χ2n) is 7.70. The summed E-state index contributed by atoms with van der Waals surface area (Å²) in [5.41, 5.74) is 3.07. The lowest BCUT2D eigenvalue weighted by atomic mass is 9.93. The fourth-order valence-corrected chi connectivity index (χ4v) is 4.99. The number of nitrogens with one attached hydrogen (secondary N) is 1. The van der Waals surface area contributed by atoms with Crippen LogP contribution in [0.25, 0.3) is 5.69 Å². The van der Waals surface area contributed by atoms with Gasteiger partial charge in [0.2, 0.25) is 0 Å². The number of piperidine rings is 1. The first-order chi connectivity index (χ1) is 13.8. The number of thiophene rings is 1. The minimum Gasteiger partial charge on any atom is -0.331 e. The largest absolute Gasteiger partial charge is 0.331 e. The van der Waals surface area contributed by atoms with Crippen LogP contribution in [0.5, 0.6) is 0 Å². The summed E-state index contributed by atoms with van der Waals surface area (Å²) in [6, 6.07) is 9.97. The molecule has 1 atom stereocenters. The molecule has 1 spiro atoms. The summed E-state index contributed by atoms with van der Waals surface area (Å²) < 4.78 is 1.59. The van der Waals surface area contributed by atoms with Crippen molar-refractivity contribution in [3.8, 4) is 5.69 Å². The molecule has 28 heavy (non-hydrogen) atoms. The van der Waals surface area contributed by atoms with Gasteiger partial charge in [0, 0.05) is 18.2 Å². The molecule has 1 aliphatic carbocycles. The number of amides is 1. The van der Waals surface area contributed by atoms with Crippen LogP contribution in [0.3, 0.4) is 0 Å². The van der Waals surface area contributed by atoms with E-state index in [0.717, 1.165) is 38.0 Å². The number of aromatic nitrogens is 4. The van der Waals surface area contributed by atoms with Gasteiger partial charge in [-0.2, -0.15) is 11.3 Å². The Morgan fingerprint density at radius 2 is 2.07 bits per heavy atom. The first-order valence-electron chi connectivity index (χ1n) is 9.61. The first-order valence-corrected chi connectivity index (χ1v) is 10.6. The Labute approximate surface area is 167 Å². The van der Waals surface area contributed by atoms with E-state index >= 15 is 0 Å². The third kappa shape index (κ3) is 3.22. The van der Waals surface area contributed by atoms with E-state index in [1.807, 2.05) is 24.3 Å². The summed E-state index contributed by atoms with van der Waals surface area (Å²) in [6.45, 7) is 2.78. The predicted molar refractivity (Wildman–Crippen MR) is 106 cm³/mol. The van der Waals surface area contributed by atoms with Crippen LogP contribution in [-0.2, 0) is 6.54 Å². The fourth-order valence-electron chi connectivity index (χ4n) is 4.33. The maximum absolute atomic E-state index is 13.4. The molecule has 2 aliphatic rings. The lowest BCUT2D eigenvalue weighted by Gasteiger charge is -2.29. The Hall–Kier alpha value is -2.58. The zero-order chi connectivity index (χ0) is 19.0. The molecule has 8 heteroatoms. The molecule has 1 aliphatic heterocycles. The van der Waals surface area contributed by atoms with Crippen LogP contribution in [0.15, 0.2) is 47.4 Å². The van der Waals surface area contributed by atoms with Crippen molar-refractivity contribution in [2.45, 2.75) is 31.8 Å². The number of carbonyl (C=O) groups is 1. The van der Waals surface area contributed by atoms with Crippen LogP contribution < -0.4 is 5.32 Å². The maximum Gasteiger partial charge on any atom is 0.254 e. The lowest BCUT2D eigenvalue weighted by molar-refractivity contribution is 0.0692. The van der Waals surface area contributed by atoms with E-state index in [9.17, 15) is 4.79 Å². The number of hydrogen-bond donors (Lipinski definition) is 1. The van der Waals surface area contributed by atoms with Crippen molar-refractivity contribution < 1.29 is 4.79 Å². The van der Waals surface area contributed by atoms with Gasteiger partial charge in [-0.05, 0) is 94.8 Å². The molecule has 1 unspecified atom stereocenters. The molecule has 7 nitrogen and oxygen atoms in total. The van der Waals surface area contributed by atoms with Crippen LogP contribution >= 0.6 is 11.3 Å². The molecule has 2 aromatic heterocycles. The third-order valence-electron chi connectivity index (χ3n) is 6.04. The number of benzene rings is 1. The van der Waals surface area contributed by atoms with E-state index in [1.165, 1.54) is 5.56 Å². The van der Waals surface area contributed by atoms with Gasteiger partial charge in [-0.1, -0.05) is 0 Å². The Balaban J connectivity index is 1.39. The van der Waals surface area contributed by atoms with Crippen LogP contribution in [-0.4, -0.2) is 50.1 Å². The quantitative estimate of drug-likeness (QED) is 0.720. The minimum absolute atomic E-state index is 0.106. The van der Waals surface area contributed by atoms with Crippen LogP contribution in [0.4, 0.5) is 0 Å². The average Bonchev–Trinajstić information content (AvgIpc) is 3.18. The van der Waals surface area contributed by atoms with E-state index in [-0.39, 0.29) is 5.91 Å². The Morgan fingerprint density at radius 3 is 2.75 bits per heavy atom. The summed E-state index contributed by atoms with van der Waals surface area (Å²) in [5, 5.41) is 18.9. The van der Waals surface area contributed by atoms with Gasteiger partial charge in [0.1, 0.15) is 6.33 Å². The number of nitrogens with zero attached hydrogens (tertiary/aromatic N) is 5. The van der Waals surface area contributed by atoms with Crippen molar-refractivity contribution in [2.24, 2.45) is 5.41 Å². The van der Waals surface area contributed by atoms with Crippen LogP contribution in [0.2, 0.25) is 0 Å². The molecule has 3 heterocycles. The Bertz CT molecular complexity index is 932. The molecule has 1 amide bonds. The summed E-state index contributed by atoms with van der Waals surface area (Å²) in [6.07, 6.45) is 4.98. The molecule has 1 aromatic carbocycles. The van der Waals surface area contributed by atoms with Crippen molar-refractivity contribution in [1.29, 1.82) is 0 Å². The smallest absolute Gasteiger partial charge is 0.254 e. The van der Waals surface area contributed by atoms with Gasteiger partial charge in [-0.15, -0.1) is 5.10 Å². The topological polar surface area (TPSA) is 75.9 Å². The third-order valence-corrected chi connectivity index (χ3v) is 6.78. The second-order valence-corrected chi connectivity index (χ2v) is 8.48. The van der Waals surface area contributed by atoms with Crippen molar-refractivity contribution >= 4 is 17.2 Å². The highest BCUT2D eigenvalue weighted by Crippen LogP contribution is 2.56. The summed E-state index contributed by atoms with van der Waals surface area (Å²) >= 11 is 1.68. The maximum atomic E-state index is 13.4. The zero-order valence-corrected chi connectivity index (χ0v) is 16.3. The minimum atomic E-state index is 0.106. The molecule has 1 N–H and O–H groups in total. The van der Waals surface area contributed by atoms with E-state index < -0.39 is 0 Å². The molecule has 1 saturated heterocycles. The van der Waals surface area contributed by atoms with Gasteiger partial charge >= 0.3 is 0 Å². The van der Waals surface area contributed by atoms with Gasteiger partial charge in [0.05, 0.1) is 5.69 Å². The van der Waals surface area contributed by atoms with Crippen LogP contribution in [0, 0.1) is 5.41 Å². The van der Waals surface area contributed by atoms with Crippen LogP contribution in [0.1, 0.15) is 35.2 Å². The van der Waals surface area contributed by atoms with E-state index in [2.05, 4.69) is 42.6 Å². The first kappa shape index (κ1) is 17.5. The standard InChI is InChI=1S/C20H22N6OS/c27-19(16-1-3-17(4-2-16)26-14-22-23-24-26)25(12-15-5-10-28-13-15)18-11-20(18)6-8-21-9-7-20/h1-5,10,13-14,18,21H,6-9,11-12H2. The highest BCUT2D eigenvalue weighted by molar-refractivity contribution is 7.07. The molecular weight excluding hydrogens is 372 g/mol. The van der Waals surface area contributed by atoms with E-state index in [4.69, 9.17) is 0 Å². The van der Waals surface area contributed by atoms with Crippen molar-refractivity contribution in [3.63, 3.8) is 0 Å². The van der Waals surface area contributed by atoms with Gasteiger partial charge in [-0.25, -0.2) is 4.68 Å². The molecule has 0 bridgehead atoms. The average molecular weight is 395 g/mol.